The summed E-state index contributed by atoms with van der Waals surface area (Å²) in [6.07, 6.45) is 1.82. The number of hydrogen-bond donors (Lipinski definition) is 1. The Labute approximate surface area is 153 Å². The highest BCUT2D eigenvalue weighted by Crippen LogP contribution is 2.25. The second-order valence-electron chi connectivity index (χ2n) is 6.15. The van der Waals surface area contributed by atoms with Gasteiger partial charge in [-0.15, -0.1) is 0 Å². The maximum Gasteiger partial charge on any atom is 0.281 e. The van der Waals surface area contributed by atoms with Crippen LogP contribution in [-0.2, 0) is 4.79 Å². The SMILES string of the molecule is COc1ccc(N2C(=O)/C(=C\c3ccc(C(C)C)cc3)NC2=S)cc1. The molecule has 1 aliphatic rings. The molecule has 0 atom stereocenters. The highest BCUT2D eigenvalue weighted by atomic mass is 32.1. The molecule has 5 heteroatoms. The summed E-state index contributed by atoms with van der Waals surface area (Å²) < 4.78 is 5.15. The van der Waals surface area contributed by atoms with Crippen LogP contribution < -0.4 is 15.0 Å². The number of carbonyl (C=O) groups is 1. The molecule has 0 spiro atoms. The minimum absolute atomic E-state index is 0.164. The number of nitrogens with one attached hydrogen (secondary N) is 1. The third-order valence-corrected chi connectivity index (χ3v) is 4.41. The van der Waals surface area contributed by atoms with Gasteiger partial charge in [0.25, 0.3) is 5.91 Å². The van der Waals surface area contributed by atoms with E-state index >= 15 is 0 Å². The van der Waals surface area contributed by atoms with Crippen LogP contribution in [0.5, 0.6) is 5.75 Å². The number of thiocarbonyl (C=S) groups is 1. The summed E-state index contributed by atoms with van der Waals surface area (Å²) in [7, 11) is 1.60. The van der Waals surface area contributed by atoms with Gasteiger partial charge in [-0.3, -0.25) is 9.69 Å². The van der Waals surface area contributed by atoms with Crippen molar-refractivity contribution in [2.75, 3.05) is 12.0 Å². The topological polar surface area (TPSA) is 41.6 Å². The minimum atomic E-state index is -0.164. The van der Waals surface area contributed by atoms with Gasteiger partial charge in [0.15, 0.2) is 5.11 Å². The molecule has 0 aliphatic carbocycles. The van der Waals surface area contributed by atoms with Crippen LogP contribution in [0.15, 0.2) is 54.2 Å². The molecule has 3 rings (SSSR count). The molecule has 1 amide bonds. The van der Waals surface area contributed by atoms with E-state index in [-0.39, 0.29) is 5.91 Å². The lowest BCUT2D eigenvalue weighted by molar-refractivity contribution is -0.113. The van der Waals surface area contributed by atoms with Gasteiger partial charge in [0.1, 0.15) is 11.4 Å². The van der Waals surface area contributed by atoms with E-state index in [0.29, 0.717) is 22.4 Å². The monoisotopic (exact) mass is 352 g/mol. The van der Waals surface area contributed by atoms with Gasteiger partial charge >= 0.3 is 0 Å². The van der Waals surface area contributed by atoms with Crippen LogP contribution in [0.3, 0.4) is 0 Å². The first-order chi connectivity index (χ1) is 12.0. The molecule has 25 heavy (non-hydrogen) atoms. The van der Waals surface area contributed by atoms with Crippen LogP contribution >= 0.6 is 12.2 Å². The Kier molecular flexibility index (Phi) is 4.86. The number of anilines is 1. The molecule has 128 valence electrons. The van der Waals surface area contributed by atoms with Crippen molar-refractivity contribution in [3.05, 3.63) is 65.4 Å². The number of nitrogens with zero attached hydrogens (tertiary/aromatic N) is 1. The molecule has 1 aliphatic heterocycles. The van der Waals surface area contributed by atoms with Gasteiger partial charge in [0.2, 0.25) is 0 Å². The van der Waals surface area contributed by atoms with Crippen LogP contribution in [0.4, 0.5) is 5.69 Å². The summed E-state index contributed by atoms with van der Waals surface area (Å²) in [4.78, 5) is 14.2. The number of methoxy groups -OCH3 is 1. The number of amides is 1. The molecule has 2 aromatic rings. The van der Waals surface area contributed by atoms with Crippen molar-refractivity contribution in [2.24, 2.45) is 0 Å². The Bertz CT molecular complexity index is 824. The van der Waals surface area contributed by atoms with Crippen molar-refractivity contribution < 1.29 is 9.53 Å². The van der Waals surface area contributed by atoms with Gasteiger partial charge in [-0.25, -0.2) is 0 Å². The summed E-state index contributed by atoms with van der Waals surface area (Å²) >= 11 is 5.33. The number of carbonyl (C=O) groups excluding carboxylic acids is 1. The Morgan fingerprint density at radius 2 is 1.72 bits per heavy atom. The Balaban J connectivity index is 1.84. The quantitative estimate of drug-likeness (QED) is 0.665. The molecular formula is C20H20N2O2S. The van der Waals surface area contributed by atoms with Crippen molar-refractivity contribution in [3.63, 3.8) is 0 Å². The van der Waals surface area contributed by atoms with Crippen LogP contribution in [0.1, 0.15) is 30.9 Å². The van der Waals surface area contributed by atoms with E-state index in [2.05, 4.69) is 31.3 Å². The Morgan fingerprint density at radius 3 is 2.28 bits per heavy atom. The predicted molar refractivity (Wildman–Crippen MR) is 105 cm³/mol. The average Bonchev–Trinajstić information content (AvgIpc) is 2.89. The molecule has 0 saturated carbocycles. The first kappa shape index (κ1) is 17.2. The molecule has 1 saturated heterocycles. The smallest absolute Gasteiger partial charge is 0.281 e. The maximum atomic E-state index is 12.7. The second-order valence-corrected chi connectivity index (χ2v) is 6.53. The summed E-state index contributed by atoms with van der Waals surface area (Å²) in [5, 5.41) is 3.38. The zero-order chi connectivity index (χ0) is 18.0. The van der Waals surface area contributed by atoms with Gasteiger partial charge in [-0.1, -0.05) is 38.1 Å². The molecule has 1 N–H and O–H groups in total. The zero-order valence-corrected chi connectivity index (χ0v) is 15.3. The molecule has 1 heterocycles. The molecule has 4 nitrogen and oxygen atoms in total. The second kappa shape index (κ2) is 7.07. The van der Waals surface area contributed by atoms with Crippen molar-refractivity contribution in [1.29, 1.82) is 0 Å². The molecular weight excluding hydrogens is 332 g/mol. The Morgan fingerprint density at radius 1 is 1.08 bits per heavy atom. The summed E-state index contributed by atoms with van der Waals surface area (Å²) in [5.41, 5.74) is 3.41. The van der Waals surface area contributed by atoms with Gasteiger partial charge in [0, 0.05) is 0 Å². The van der Waals surface area contributed by atoms with E-state index in [1.54, 1.807) is 19.2 Å². The number of rotatable bonds is 4. The van der Waals surface area contributed by atoms with E-state index < -0.39 is 0 Å². The van der Waals surface area contributed by atoms with E-state index in [1.807, 2.05) is 30.3 Å². The minimum Gasteiger partial charge on any atom is -0.497 e. The zero-order valence-electron chi connectivity index (χ0n) is 14.4. The van der Waals surface area contributed by atoms with Crippen LogP contribution in [0.25, 0.3) is 6.08 Å². The van der Waals surface area contributed by atoms with Gasteiger partial charge < -0.3 is 10.1 Å². The molecule has 2 aromatic carbocycles. The number of ether oxygens (including phenoxy) is 1. The molecule has 0 aromatic heterocycles. The average molecular weight is 352 g/mol. The highest BCUT2D eigenvalue weighted by Gasteiger charge is 2.31. The van der Waals surface area contributed by atoms with Crippen molar-refractivity contribution >= 4 is 35.0 Å². The van der Waals surface area contributed by atoms with E-state index in [4.69, 9.17) is 17.0 Å². The fraction of sp³-hybridized carbons (Fsp3) is 0.200. The summed E-state index contributed by atoms with van der Waals surface area (Å²) in [6, 6.07) is 15.4. The fourth-order valence-electron chi connectivity index (χ4n) is 2.64. The third-order valence-electron chi connectivity index (χ3n) is 4.12. The predicted octanol–water partition coefficient (Wildman–Crippen LogP) is 4.08. The largest absolute Gasteiger partial charge is 0.497 e. The normalized spacial score (nSPS) is 15.8. The van der Waals surface area contributed by atoms with Crippen LogP contribution in [0, 0.1) is 0 Å². The van der Waals surface area contributed by atoms with Crippen molar-refractivity contribution in [3.8, 4) is 5.75 Å². The molecule has 1 fully saturated rings. The van der Waals surface area contributed by atoms with Crippen molar-refractivity contribution in [2.45, 2.75) is 19.8 Å². The van der Waals surface area contributed by atoms with Crippen molar-refractivity contribution in [1.82, 2.24) is 5.32 Å². The summed E-state index contributed by atoms with van der Waals surface area (Å²) in [5.74, 6) is 1.05. The lowest BCUT2D eigenvalue weighted by atomic mass is 10.0. The van der Waals surface area contributed by atoms with Gasteiger partial charge in [-0.05, 0) is 59.6 Å². The molecule has 0 radical (unpaired) electrons. The highest BCUT2D eigenvalue weighted by molar-refractivity contribution is 7.80. The van der Waals surface area contributed by atoms with E-state index in [9.17, 15) is 4.79 Å². The summed E-state index contributed by atoms with van der Waals surface area (Å²) in [6.45, 7) is 4.31. The number of hydrogen-bond acceptors (Lipinski definition) is 3. The molecule has 0 bridgehead atoms. The lowest BCUT2D eigenvalue weighted by Crippen LogP contribution is -2.30. The fourth-order valence-corrected chi connectivity index (χ4v) is 2.94. The molecule has 0 unspecified atom stereocenters. The third kappa shape index (κ3) is 3.56. The Hall–Kier alpha value is -2.66. The maximum absolute atomic E-state index is 12.7. The van der Waals surface area contributed by atoms with Gasteiger partial charge in [-0.2, -0.15) is 0 Å². The first-order valence-electron chi connectivity index (χ1n) is 8.10. The lowest BCUT2D eigenvalue weighted by Gasteiger charge is -2.14. The number of benzene rings is 2. The standard InChI is InChI=1S/C20H20N2O2S/c1-13(2)15-6-4-14(5-7-15)12-18-19(23)22(20(25)21-18)16-8-10-17(24-3)11-9-16/h4-13H,1-3H3,(H,21,25)/b18-12+. The van der Waals surface area contributed by atoms with Gasteiger partial charge in [0.05, 0.1) is 12.8 Å². The van der Waals surface area contributed by atoms with E-state index in [0.717, 1.165) is 11.3 Å². The van der Waals surface area contributed by atoms with Crippen LogP contribution in [-0.4, -0.2) is 18.1 Å². The van der Waals surface area contributed by atoms with Crippen LogP contribution in [0.2, 0.25) is 0 Å². The first-order valence-corrected chi connectivity index (χ1v) is 8.51. The van der Waals surface area contributed by atoms with E-state index in [1.165, 1.54) is 10.5 Å².